The van der Waals surface area contributed by atoms with E-state index in [1.807, 2.05) is 30.3 Å². The highest BCUT2D eigenvalue weighted by molar-refractivity contribution is 5.87. The molecule has 2 heterocycles. The van der Waals surface area contributed by atoms with Gasteiger partial charge in [-0.05, 0) is 18.1 Å². The van der Waals surface area contributed by atoms with Gasteiger partial charge >= 0.3 is 5.97 Å². The summed E-state index contributed by atoms with van der Waals surface area (Å²) in [5, 5.41) is 0. The molecular weight excluding hydrogens is 244 g/mol. The molecule has 4 heteroatoms. The summed E-state index contributed by atoms with van der Waals surface area (Å²) < 4.78 is 16.4. The van der Waals surface area contributed by atoms with Crippen molar-refractivity contribution in [3.8, 4) is 0 Å². The summed E-state index contributed by atoms with van der Waals surface area (Å²) in [5.74, 6) is -0.353. The molecule has 1 aromatic carbocycles. The van der Waals surface area contributed by atoms with Gasteiger partial charge in [-0.2, -0.15) is 0 Å². The lowest BCUT2D eigenvalue weighted by molar-refractivity contribution is -0.147. The molecule has 0 aliphatic carbocycles. The number of esters is 1. The minimum absolute atomic E-state index is 0.0888. The van der Waals surface area contributed by atoms with Crippen molar-refractivity contribution in [1.29, 1.82) is 0 Å². The average Bonchev–Trinajstić information content (AvgIpc) is 3.03. The van der Waals surface area contributed by atoms with E-state index in [2.05, 4.69) is 0 Å². The van der Waals surface area contributed by atoms with Crippen molar-refractivity contribution in [2.24, 2.45) is 0 Å². The first-order valence-electron chi connectivity index (χ1n) is 6.50. The fourth-order valence-electron chi connectivity index (χ4n) is 2.45. The zero-order valence-corrected chi connectivity index (χ0v) is 10.5. The number of hydrogen-bond donors (Lipinski definition) is 0. The van der Waals surface area contributed by atoms with Gasteiger partial charge in [0.05, 0.1) is 12.7 Å². The summed E-state index contributed by atoms with van der Waals surface area (Å²) in [5.41, 5.74) is 0.970. The van der Waals surface area contributed by atoms with Gasteiger partial charge in [-0.3, -0.25) is 0 Å². The summed E-state index contributed by atoms with van der Waals surface area (Å²) in [7, 11) is 0. The molecule has 4 nitrogen and oxygen atoms in total. The van der Waals surface area contributed by atoms with Crippen LogP contribution in [0.25, 0.3) is 6.08 Å². The molecule has 100 valence electrons. The maximum atomic E-state index is 11.7. The number of rotatable bonds is 3. The Kier molecular flexibility index (Phi) is 3.62. The zero-order valence-electron chi connectivity index (χ0n) is 10.5. The van der Waals surface area contributed by atoms with Crippen molar-refractivity contribution >= 4 is 12.0 Å². The van der Waals surface area contributed by atoms with Gasteiger partial charge in [-0.25, -0.2) is 4.79 Å². The maximum absolute atomic E-state index is 11.7. The second kappa shape index (κ2) is 5.55. The van der Waals surface area contributed by atoms with Crippen LogP contribution in [0.4, 0.5) is 0 Å². The van der Waals surface area contributed by atoms with Gasteiger partial charge in [0.25, 0.3) is 0 Å². The van der Waals surface area contributed by atoms with Gasteiger partial charge in [0.1, 0.15) is 6.10 Å². The molecule has 0 unspecified atom stereocenters. The lowest BCUT2D eigenvalue weighted by Crippen LogP contribution is -2.31. The van der Waals surface area contributed by atoms with Crippen molar-refractivity contribution in [3.63, 3.8) is 0 Å². The van der Waals surface area contributed by atoms with Crippen LogP contribution in [0.5, 0.6) is 0 Å². The van der Waals surface area contributed by atoms with Gasteiger partial charge in [-0.1, -0.05) is 30.3 Å². The predicted molar refractivity (Wildman–Crippen MR) is 69.5 cm³/mol. The van der Waals surface area contributed by atoms with Gasteiger partial charge < -0.3 is 14.2 Å². The molecule has 0 radical (unpaired) electrons. The van der Waals surface area contributed by atoms with Crippen LogP contribution in [-0.2, 0) is 19.0 Å². The van der Waals surface area contributed by atoms with E-state index in [0.29, 0.717) is 13.2 Å². The molecule has 3 rings (SSSR count). The summed E-state index contributed by atoms with van der Waals surface area (Å²) in [4.78, 5) is 11.7. The smallest absolute Gasteiger partial charge is 0.331 e. The van der Waals surface area contributed by atoms with Gasteiger partial charge in [0.2, 0.25) is 0 Å². The number of hydrogen-bond acceptors (Lipinski definition) is 4. The quantitative estimate of drug-likeness (QED) is 0.614. The van der Waals surface area contributed by atoms with Crippen molar-refractivity contribution in [1.82, 2.24) is 0 Å². The summed E-state index contributed by atoms with van der Waals surface area (Å²) in [6.45, 7) is 1.11. The van der Waals surface area contributed by atoms with Crippen LogP contribution >= 0.6 is 0 Å². The molecule has 0 spiro atoms. The third-order valence-electron chi connectivity index (χ3n) is 3.40. The van der Waals surface area contributed by atoms with E-state index in [9.17, 15) is 4.79 Å². The molecule has 2 aliphatic heterocycles. The number of carbonyl (C=O) groups is 1. The molecule has 0 amide bonds. The Labute approximate surface area is 112 Å². The van der Waals surface area contributed by atoms with Gasteiger partial charge in [0, 0.05) is 12.7 Å². The third kappa shape index (κ3) is 2.85. The lowest BCUT2D eigenvalue weighted by Gasteiger charge is -2.15. The first-order valence-corrected chi connectivity index (χ1v) is 6.50. The molecule has 0 N–H and O–H groups in total. The number of carbonyl (C=O) groups excluding carboxylic acids is 1. The van der Waals surface area contributed by atoms with Crippen LogP contribution in [0.15, 0.2) is 36.4 Å². The van der Waals surface area contributed by atoms with Crippen LogP contribution in [0.2, 0.25) is 0 Å². The van der Waals surface area contributed by atoms with E-state index in [1.54, 1.807) is 6.08 Å². The van der Waals surface area contributed by atoms with E-state index in [-0.39, 0.29) is 24.3 Å². The standard InChI is InChI=1S/C15H16O4/c16-14(7-6-11-4-2-1-3-5-11)19-13-10-18-12-8-9-17-15(12)13/h1-7,12-13,15H,8-10H2/b7-6+/t12-,13-,15+/m1/s1. The van der Waals surface area contributed by atoms with E-state index in [4.69, 9.17) is 14.2 Å². The zero-order chi connectivity index (χ0) is 13.1. The molecule has 19 heavy (non-hydrogen) atoms. The van der Waals surface area contributed by atoms with Crippen molar-refractivity contribution in [2.45, 2.75) is 24.7 Å². The Morgan fingerprint density at radius 3 is 2.95 bits per heavy atom. The van der Waals surface area contributed by atoms with Crippen LogP contribution in [0, 0.1) is 0 Å². The maximum Gasteiger partial charge on any atom is 0.331 e. The normalized spacial score (nSPS) is 29.6. The molecule has 0 bridgehead atoms. The molecular formula is C15H16O4. The average molecular weight is 260 g/mol. The summed E-state index contributed by atoms with van der Waals surface area (Å²) in [6.07, 6.45) is 3.80. The Morgan fingerprint density at radius 2 is 2.11 bits per heavy atom. The Hall–Kier alpha value is -1.65. The lowest BCUT2D eigenvalue weighted by atomic mass is 10.1. The van der Waals surface area contributed by atoms with E-state index < -0.39 is 0 Å². The van der Waals surface area contributed by atoms with Gasteiger partial charge in [-0.15, -0.1) is 0 Å². The predicted octanol–water partition coefficient (Wildman–Crippen LogP) is 1.80. The van der Waals surface area contributed by atoms with Crippen LogP contribution in [-0.4, -0.2) is 37.5 Å². The Bertz CT molecular complexity index is 468. The topological polar surface area (TPSA) is 44.8 Å². The highest BCUT2D eigenvalue weighted by Crippen LogP contribution is 2.28. The molecule has 0 saturated carbocycles. The fraction of sp³-hybridized carbons (Fsp3) is 0.400. The summed E-state index contributed by atoms with van der Waals surface area (Å²) in [6, 6.07) is 9.64. The second-order valence-corrected chi connectivity index (χ2v) is 4.72. The van der Waals surface area contributed by atoms with Crippen LogP contribution in [0.3, 0.4) is 0 Å². The molecule has 2 fully saturated rings. The van der Waals surface area contributed by atoms with Crippen molar-refractivity contribution < 1.29 is 19.0 Å². The molecule has 1 aromatic rings. The highest BCUT2D eigenvalue weighted by Gasteiger charge is 2.43. The van der Waals surface area contributed by atoms with E-state index >= 15 is 0 Å². The monoisotopic (exact) mass is 260 g/mol. The first kappa shape index (κ1) is 12.4. The molecule has 3 atom stereocenters. The van der Waals surface area contributed by atoms with Crippen LogP contribution in [0.1, 0.15) is 12.0 Å². The van der Waals surface area contributed by atoms with E-state index in [1.165, 1.54) is 6.08 Å². The summed E-state index contributed by atoms with van der Waals surface area (Å²) >= 11 is 0. The minimum atomic E-state index is -0.353. The van der Waals surface area contributed by atoms with Crippen LogP contribution < -0.4 is 0 Å². The van der Waals surface area contributed by atoms with Crippen molar-refractivity contribution in [2.75, 3.05) is 13.2 Å². The van der Waals surface area contributed by atoms with Gasteiger partial charge in [0.15, 0.2) is 6.10 Å². The number of fused-ring (bicyclic) bond motifs is 1. The third-order valence-corrected chi connectivity index (χ3v) is 3.40. The number of benzene rings is 1. The first-order chi connectivity index (χ1) is 9.33. The second-order valence-electron chi connectivity index (χ2n) is 4.72. The van der Waals surface area contributed by atoms with Crippen molar-refractivity contribution in [3.05, 3.63) is 42.0 Å². The Morgan fingerprint density at radius 1 is 1.26 bits per heavy atom. The SMILES string of the molecule is O=C(/C=C/c1ccccc1)O[C@@H]1CO[C@@H]2CCO[C@@H]21. The fourth-order valence-corrected chi connectivity index (χ4v) is 2.45. The molecule has 2 saturated heterocycles. The largest absolute Gasteiger partial charge is 0.454 e. The highest BCUT2D eigenvalue weighted by atomic mass is 16.6. The molecule has 0 aromatic heterocycles. The van der Waals surface area contributed by atoms with E-state index in [0.717, 1.165) is 12.0 Å². The molecule has 2 aliphatic rings. The number of ether oxygens (including phenoxy) is 3. The minimum Gasteiger partial charge on any atom is -0.454 e. The Balaban J connectivity index is 1.55.